The molecule has 1 amide bonds. The first-order chi connectivity index (χ1) is 10.2. The molecule has 0 spiro atoms. The summed E-state index contributed by atoms with van der Waals surface area (Å²) >= 11 is 3.26. The quantitative estimate of drug-likeness (QED) is 0.537. The van der Waals surface area contributed by atoms with Crippen LogP contribution in [-0.2, 0) is 4.74 Å². The van der Waals surface area contributed by atoms with Crippen molar-refractivity contribution < 1.29 is 23.7 Å². The lowest BCUT2D eigenvalue weighted by molar-refractivity contribution is 0.0920. The molecule has 21 heavy (non-hydrogen) atoms. The standard InChI is InChI=1S/C14H20BrNO5/c1-18-11-5-4-10(12(19-2)13(11)20-3)14(17)16-7-9-21-8-6-15/h4-5H,6-9H2,1-3H3,(H,16,17). The minimum atomic E-state index is -0.254. The molecule has 1 N–H and O–H groups in total. The van der Waals surface area contributed by atoms with Crippen molar-refractivity contribution in [2.45, 2.75) is 0 Å². The van der Waals surface area contributed by atoms with E-state index in [2.05, 4.69) is 21.2 Å². The van der Waals surface area contributed by atoms with Gasteiger partial charge in [0.05, 0.1) is 40.1 Å². The van der Waals surface area contributed by atoms with Crippen LogP contribution in [0.25, 0.3) is 0 Å². The van der Waals surface area contributed by atoms with Gasteiger partial charge in [-0.15, -0.1) is 0 Å². The van der Waals surface area contributed by atoms with E-state index in [9.17, 15) is 4.79 Å². The molecule has 7 heteroatoms. The van der Waals surface area contributed by atoms with Crippen LogP contribution in [0, 0.1) is 0 Å². The molecular weight excluding hydrogens is 342 g/mol. The van der Waals surface area contributed by atoms with E-state index >= 15 is 0 Å². The summed E-state index contributed by atoms with van der Waals surface area (Å²) in [5.74, 6) is 0.987. The monoisotopic (exact) mass is 361 g/mol. The average Bonchev–Trinajstić information content (AvgIpc) is 2.52. The number of carbonyl (C=O) groups excluding carboxylic acids is 1. The topological polar surface area (TPSA) is 66.0 Å². The fourth-order valence-corrected chi connectivity index (χ4v) is 2.00. The Bertz CT molecular complexity index is 467. The molecular formula is C14H20BrNO5. The number of rotatable bonds is 9. The van der Waals surface area contributed by atoms with E-state index in [0.29, 0.717) is 42.6 Å². The Morgan fingerprint density at radius 2 is 1.81 bits per heavy atom. The molecule has 0 radical (unpaired) electrons. The molecule has 0 bridgehead atoms. The Balaban J connectivity index is 2.79. The van der Waals surface area contributed by atoms with E-state index in [1.54, 1.807) is 12.1 Å². The average molecular weight is 362 g/mol. The van der Waals surface area contributed by atoms with Crippen molar-refractivity contribution in [3.8, 4) is 17.2 Å². The summed E-state index contributed by atoms with van der Waals surface area (Å²) in [4.78, 5) is 12.2. The number of alkyl halides is 1. The minimum Gasteiger partial charge on any atom is -0.493 e. The smallest absolute Gasteiger partial charge is 0.255 e. The van der Waals surface area contributed by atoms with Crippen LogP contribution >= 0.6 is 15.9 Å². The van der Waals surface area contributed by atoms with Gasteiger partial charge in [-0.2, -0.15) is 0 Å². The Hall–Kier alpha value is -1.47. The van der Waals surface area contributed by atoms with Gasteiger partial charge in [0.15, 0.2) is 11.5 Å². The van der Waals surface area contributed by atoms with Crippen LogP contribution < -0.4 is 19.5 Å². The molecule has 1 rings (SSSR count). The van der Waals surface area contributed by atoms with Gasteiger partial charge in [0.1, 0.15) is 0 Å². The van der Waals surface area contributed by atoms with E-state index in [1.807, 2.05) is 0 Å². The second-order valence-electron chi connectivity index (χ2n) is 3.94. The number of amides is 1. The highest BCUT2D eigenvalue weighted by Crippen LogP contribution is 2.39. The maximum atomic E-state index is 12.2. The van der Waals surface area contributed by atoms with Crippen LogP contribution in [-0.4, -0.2) is 52.3 Å². The van der Waals surface area contributed by atoms with Crippen LogP contribution in [0.3, 0.4) is 0 Å². The zero-order valence-corrected chi connectivity index (χ0v) is 14.0. The van der Waals surface area contributed by atoms with Gasteiger partial charge in [-0.3, -0.25) is 4.79 Å². The van der Waals surface area contributed by atoms with Crippen LogP contribution in [0.5, 0.6) is 17.2 Å². The maximum absolute atomic E-state index is 12.2. The van der Waals surface area contributed by atoms with E-state index < -0.39 is 0 Å². The first-order valence-corrected chi connectivity index (χ1v) is 7.52. The number of methoxy groups -OCH3 is 3. The zero-order valence-electron chi connectivity index (χ0n) is 12.4. The van der Waals surface area contributed by atoms with Gasteiger partial charge in [0.25, 0.3) is 5.91 Å². The number of ether oxygens (including phenoxy) is 4. The van der Waals surface area contributed by atoms with Crippen molar-refractivity contribution >= 4 is 21.8 Å². The van der Waals surface area contributed by atoms with Crippen LogP contribution in [0.1, 0.15) is 10.4 Å². The van der Waals surface area contributed by atoms with Gasteiger partial charge in [0, 0.05) is 11.9 Å². The van der Waals surface area contributed by atoms with Crippen molar-refractivity contribution in [3.63, 3.8) is 0 Å². The minimum absolute atomic E-state index is 0.254. The second kappa shape index (κ2) is 9.46. The summed E-state index contributed by atoms with van der Waals surface area (Å²) in [6, 6.07) is 3.30. The number of hydrogen-bond acceptors (Lipinski definition) is 5. The molecule has 0 fully saturated rings. The van der Waals surface area contributed by atoms with E-state index in [-0.39, 0.29) is 5.91 Å². The largest absolute Gasteiger partial charge is 0.493 e. The molecule has 1 aromatic carbocycles. The summed E-state index contributed by atoms with van der Waals surface area (Å²) in [5, 5.41) is 3.53. The SMILES string of the molecule is COc1ccc(C(=O)NCCOCCBr)c(OC)c1OC. The van der Waals surface area contributed by atoms with E-state index in [4.69, 9.17) is 18.9 Å². The number of benzene rings is 1. The number of halogens is 1. The fraction of sp³-hybridized carbons (Fsp3) is 0.500. The number of nitrogens with one attached hydrogen (secondary N) is 1. The molecule has 0 heterocycles. The van der Waals surface area contributed by atoms with Gasteiger partial charge in [-0.1, -0.05) is 15.9 Å². The lowest BCUT2D eigenvalue weighted by Gasteiger charge is -2.15. The predicted octanol–water partition coefficient (Wildman–Crippen LogP) is 1.85. The molecule has 0 aliphatic heterocycles. The van der Waals surface area contributed by atoms with Gasteiger partial charge in [-0.25, -0.2) is 0 Å². The summed E-state index contributed by atoms with van der Waals surface area (Å²) in [7, 11) is 4.50. The molecule has 118 valence electrons. The van der Waals surface area contributed by atoms with Crippen LogP contribution in [0.4, 0.5) is 0 Å². The zero-order chi connectivity index (χ0) is 15.7. The first kappa shape index (κ1) is 17.6. The van der Waals surface area contributed by atoms with Crippen molar-refractivity contribution in [1.82, 2.24) is 5.32 Å². The molecule has 0 saturated heterocycles. The second-order valence-corrected chi connectivity index (χ2v) is 4.73. The maximum Gasteiger partial charge on any atom is 0.255 e. The van der Waals surface area contributed by atoms with Crippen LogP contribution in [0.15, 0.2) is 12.1 Å². The highest BCUT2D eigenvalue weighted by Gasteiger charge is 2.20. The molecule has 1 aromatic rings. The Kier molecular flexibility index (Phi) is 7.92. The Labute approximate surface area is 132 Å². The van der Waals surface area contributed by atoms with Crippen molar-refractivity contribution in [1.29, 1.82) is 0 Å². The van der Waals surface area contributed by atoms with Gasteiger partial charge in [0.2, 0.25) is 5.75 Å². The Morgan fingerprint density at radius 3 is 2.38 bits per heavy atom. The summed E-state index contributed by atoms with van der Waals surface area (Å²) in [5.41, 5.74) is 0.385. The summed E-state index contributed by atoms with van der Waals surface area (Å²) in [6.45, 7) is 1.48. The summed E-state index contributed by atoms with van der Waals surface area (Å²) in [6.07, 6.45) is 0. The molecule has 0 unspecified atom stereocenters. The highest BCUT2D eigenvalue weighted by molar-refractivity contribution is 9.09. The third-order valence-corrected chi connectivity index (χ3v) is 3.03. The van der Waals surface area contributed by atoms with E-state index in [0.717, 1.165) is 5.33 Å². The normalized spacial score (nSPS) is 10.1. The molecule has 0 atom stereocenters. The fourth-order valence-electron chi connectivity index (χ4n) is 1.77. The van der Waals surface area contributed by atoms with Gasteiger partial charge < -0.3 is 24.3 Å². The van der Waals surface area contributed by atoms with Crippen molar-refractivity contribution in [2.75, 3.05) is 46.4 Å². The van der Waals surface area contributed by atoms with Crippen molar-refractivity contribution in [2.24, 2.45) is 0 Å². The first-order valence-electron chi connectivity index (χ1n) is 6.40. The predicted molar refractivity (Wildman–Crippen MR) is 83.0 cm³/mol. The van der Waals surface area contributed by atoms with Crippen LogP contribution in [0.2, 0.25) is 0 Å². The molecule has 0 saturated carbocycles. The molecule has 6 nitrogen and oxygen atoms in total. The third kappa shape index (κ3) is 4.78. The highest BCUT2D eigenvalue weighted by atomic mass is 79.9. The lowest BCUT2D eigenvalue weighted by atomic mass is 10.1. The number of hydrogen-bond donors (Lipinski definition) is 1. The number of carbonyl (C=O) groups is 1. The van der Waals surface area contributed by atoms with Gasteiger partial charge >= 0.3 is 0 Å². The summed E-state index contributed by atoms with van der Waals surface area (Å²) < 4.78 is 21.0. The third-order valence-electron chi connectivity index (χ3n) is 2.70. The molecule has 0 aliphatic carbocycles. The molecule has 0 aromatic heterocycles. The van der Waals surface area contributed by atoms with Gasteiger partial charge in [-0.05, 0) is 12.1 Å². The molecule has 0 aliphatic rings. The van der Waals surface area contributed by atoms with E-state index in [1.165, 1.54) is 21.3 Å². The Morgan fingerprint density at radius 1 is 1.10 bits per heavy atom. The van der Waals surface area contributed by atoms with Crippen molar-refractivity contribution in [3.05, 3.63) is 17.7 Å². The lowest BCUT2D eigenvalue weighted by Crippen LogP contribution is -2.28.